The zero-order valence-corrected chi connectivity index (χ0v) is 27.6. The fourth-order valence-electron chi connectivity index (χ4n) is 6.42. The first kappa shape index (κ1) is 35.3. The first-order valence-electron chi connectivity index (χ1n) is 16.4. The third-order valence-electron chi connectivity index (χ3n) is 9.35. The molecule has 5 rings (SSSR count). The minimum atomic E-state index is -4.37. The number of hydrogen-bond acceptors (Lipinski definition) is 8. The summed E-state index contributed by atoms with van der Waals surface area (Å²) >= 11 is 0. The molecule has 5 bridgehead atoms. The molecule has 3 aliphatic rings. The zero-order valence-electron chi connectivity index (χ0n) is 27.6. The highest BCUT2D eigenvalue weighted by Gasteiger charge is 2.43. The van der Waals surface area contributed by atoms with Crippen molar-refractivity contribution in [3.63, 3.8) is 0 Å². The molecule has 2 saturated heterocycles. The number of nitrogens with one attached hydrogen (secondary N) is 3. The highest BCUT2D eigenvalue weighted by atomic mass is 19.4. The summed E-state index contributed by atoms with van der Waals surface area (Å²) < 4.78 is 45.4. The number of ether oxygens (including phenoxy) is 1. The van der Waals surface area contributed by atoms with Gasteiger partial charge < -0.3 is 15.4 Å². The third kappa shape index (κ3) is 8.15. The molecule has 0 aliphatic carbocycles. The molecule has 3 N–H and O–H groups in total. The van der Waals surface area contributed by atoms with Gasteiger partial charge in [0, 0.05) is 11.9 Å². The van der Waals surface area contributed by atoms with Gasteiger partial charge in [-0.1, -0.05) is 44.2 Å². The Bertz CT molecular complexity index is 1570. The van der Waals surface area contributed by atoms with Crippen molar-refractivity contribution in [2.45, 2.75) is 83.8 Å². The van der Waals surface area contributed by atoms with Crippen molar-refractivity contribution < 1.29 is 37.1 Å². The molecule has 3 amide bonds. The molecule has 1 spiro atoms. The minimum absolute atomic E-state index is 0.0322. The van der Waals surface area contributed by atoms with Crippen LogP contribution in [-0.4, -0.2) is 89.1 Å². The summed E-state index contributed by atoms with van der Waals surface area (Å²) in [5.74, 6) is -2.42. The molecule has 0 saturated carbocycles. The Labute approximate surface area is 277 Å². The van der Waals surface area contributed by atoms with E-state index in [1.54, 1.807) is 39.0 Å². The number of amides is 3. The Hall–Kier alpha value is -4.04. The summed E-state index contributed by atoms with van der Waals surface area (Å²) in [6, 6.07) is 6.40. The Morgan fingerprint density at radius 2 is 1.73 bits per heavy atom. The number of hydrogen-bond donors (Lipinski definition) is 3. The molecular weight excluding hydrogens is 629 g/mol. The summed E-state index contributed by atoms with van der Waals surface area (Å²) in [7, 11) is 0. The number of halogens is 3. The lowest BCUT2D eigenvalue weighted by Gasteiger charge is -2.40. The molecule has 4 atom stereocenters. The van der Waals surface area contributed by atoms with Crippen LogP contribution in [0.2, 0.25) is 0 Å². The van der Waals surface area contributed by atoms with Gasteiger partial charge in [0.05, 0.1) is 23.2 Å². The summed E-state index contributed by atoms with van der Waals surface area (Å²) in [4.78, 5) is 60.2. The number of cyclic esters (lactones) is 1. The first-order valence-corrected chi connectivity index (χ1v) is 16.4. The van der Waals surface area contributed by atoms with Crippen molar-refractivity contribution in [3.8, 4) is 0 Å². The molecule has 1 aromatic carbocycles. The maximum Gasteiger partial charge on any atom is 0.401 e. The highest BCUT2D eigenvalue weighted by molar-refractivity contribution is 5.94. The molecule has 0 unspecified atom stereocenters. The fourth-order valence-corrected chi connectivity index (χ4v) is 6.42. The van der Waals surface area contributed by atoms with Gasteiger partial charge in [-0.2, -0.15) is 13.2 Å². The van der Waals surface area contributed by atoms with Crippen LogP contribution in [0.15, 0.2) is 36.4 Å². The number of carbonyl (C=O) groups excluding carboxylic acids is 4. The van der Waals surface area contributed by atoms with Crippen LogP contribution in [0.1, 0.15) is 70.7 Å². The van der Waals surface area contributed by atoms with E-state index in [0.717, 1.165) is 5.39 Å². The fraction of sp³-hybridized carbons (Fsp3) is 0.559. The number of nitrogens with zero attached hydrogens (tertiary/aromatic N) is 3. The van der Waals surface area contributed by atoms with Crippen LogP contribution in [0.5, 0.6) is 0 Å². The first-order chi connectivity index (χ1) is 22.6. The molecule has 4 heterocycles. The maximum atomic E-state index is 14.1. The quantitative estimate of drug-likeness (QED) is 0.412. The van der Waals surface area contributed by atoms with Gasteiger partial charge in [-0.05, 0) is 76.2 Å². The number of likely N-dealkylation sites (tertiary alicyclic amines) is 1. The second-order valence-corrected chi connectivity index (χ2v) is 13.4. The van der Waals surface area contributed by atoms with Gasteiger partial charge in [-0.15, -0.1) is 0 Å². The predicted octanol–water partition coefficient (Wildman–Crippen LogP) is 3.65. The lowest BCUT2D eigenvalue weighted by Crippen LogP contribution is -2.61. The number of alkyl halides is 3. The second kappa shape index (κ2) is 14.2. The molecule has 14 heteroatoms. The lowest BCUT2D eigenvalue weighted by molar-refractivity contribution is -0.157. The van der Waals surface area contributed by atoms with Crippen LogP contribution in [-0.2, 0) is 23.9 Å². The van der Waals surface area contributed by atoms with Gasteiger partial charge >= 0.3 is 12.1 Å². The molecule has 260 valence electrons. The number of benzene rings is 1. The van der Waals surface area contributed by atoms with Gasteiger partial charge in [0.1, 0.15) is 24.2 Å². The van der Waals surface area contributed by atoms with E-state index in [4.69, 9.17) is 9.72 Å². The number of rotatable bonds is 2. The van der Waals surface area contributed by atoms with Crippen molar-refractivity contribution in [2.24, 2.45) is 11.3 Å². The van der Waals surface area contributed by atoms with E-state index >= 15 is 0 Å². The van der Waals surface area contributed by atoms with E-state index in [-0.39, 0.29) is 31.8 Å². The van der Waals surface area contributed by atoms with Crippen LogP contribution in [0.3, 0.4) is 0 Å². The van der Waals surface area contributed by atoms with E-state index in [1.165, 1.54) is 16.8 Å². The summed E-state index contributed by atoms with van der Waals surface area (Å²) in [6.07, 6.45) is -0.400. The Morgan fingerprint density at radius 1 is 1.02 bits per heavy atom. The Kier molecular flexibility index (Phi) is 10.4. The van der Waals surface area contributed by atoms with E-state index in [1.807, 2.05) is 24.3 Å². The Morgan fingerprint density at radius 3 is 2.42 bits per heavy atom. The van der Waals surface area contributed by atoms with E-state index in [2.05, 4.69) is 16.1 Å². The minimum Gasteiger partial charge on any atom is -0.455 e. The predicted molar refractivity (Wildman–Crippen MR) is 172 cm³/mol. The normalized spacial score (nSPS) is 27.1. The second-order valence-electron chi connectivity index (χ2n) is 13.4. The smallest absolute Gasteiger partial charge is 0.401 e. The van der Waals surface area contributed by atoms with Crippen LogP contribution in [0, 0.1) is 11.3 Å². The number of aromatic nitrogens is 1. The standard InChI is InChI=1S/C34H43F3N6O5/c1-20(2)28-29(44)38-21(3)30(45)43-15-5-6-26(41-43)31(46)48-22(4)25-10-9-24-8-7-23(18-27(24)39-25)11-12-33(32(47)40-28)13-16-42(17-14-33)19-34(35,36)37/h7-12,18,20-22,26,28,41H,5-6,13-17,19H2,1-4H3,(H,38,44)(H,40,47)/b12-11+/t21-,22+,26-,28-/m0/s1. The zero-order chi connectivity index (χ0) is 34.8. The lowest BCUT2D eigenvalue weighted by atomic mass is 9.76. The van der Waals surface area contributed by atoms with Gasteiger partial charge in [-0.3, -0.25) is 29.1 Å². The van der Waals surface area contributed by atoms with Gasteiger partial charge in [0.2, 0.25) is 11.8 Å². The van der Waals surface area contributed by atoms with Crippen LogP contribution in [0.25, 0.3) is 17.0 Å². The van der Waals surface area contributed by atoms with Crippen molar-refractivity contribution >= 4 is 40.7 Å². The van der Waals surface area contributed by atoms with Gasteiger partial charge in [-0.25, -0.2) is 10.4 Å². The number of carbonyl (C=O) groups is 4. The molecule has 1 aromatic heterocycles. The monoisotopic (exact) mass is 672 g/mol. The van der Waals surface area contributed by atoms with Crippen molar-refractivity contribution in [3.05, 3.63) is 47.7 Å². The SMILES string of the molecule is CC(C)[C@@H]1NC(=O)C2(/C=C/c3ccc4ccc(nc4c3)[C@@H](C)OC(=O)[C@@H]3CCCN(N3)C(=O)[C@H](C)NC1=O)CCN(CC(F)(F)F)CC2. The van der Waals surface area contributed by atoms with E-state index in [9.17, 15) is 32.3 Å². The molecule has 2 aromatic rings. The molecule has 0 radical (unpaired) electrons. The molecule has 3 aliphatic heterocycles. The summed E-state index contributed by atoms with van der Waals surface area (Å²) in [6.45, 7) is 6.06. The molecule has 48 heavy (non-hydrogen) atoms. The molecule has 2 fully saturated rings. The molecular formula is C34H43F3N6O5. The largest absolute Gasteiger partial charge is 0.455 e. The topological polar surface area (TPSA) is 133 Å². The molecule has 11 nitrogen and oxygen atoms in total. The number of fused-ring (bicyclic) bond motifs is 4. The van der Waals surface area contributed by atoms with Crippen molar-refractivity contribution in [1.29, 1.82) is 0 Å². The highest BCUT2D eigenvalue weighted by Crippen LogP contribution is 2.36. The third-order valence-corrected chi connectivity index (χ3v) is 9.35. The van der Waals surface area contributed by atoms with Crippen LogP contribution >= 0.6 is 0 Å². The van der Waals surface area contributed by atoms with Crippen molar-refractivity contribution in [2.75, 3.05) is 26.2 Å². The van der Waals surface area contributed by atoms with Gasteiger partial charge in [0.15, 0.2) is 0 Å². The van der Waals surface area contributed by atoms with E-state index < -0.39 is 66.1 Å². The summed E-state index contributed by atoms with van der Waals surface area (Å²) in [5, 5.41) is 7.71. The average Bonchev–Trinajstić information content (AvgIpc) is 3.04. The summed E-state index contributed by atoms with van der Waals surface area (Å²) in [5.41, 5.74) is 3.61. The van der Waals surface area contributed by atoms with Crippen LogP contribution in [0.4, 0.5) is 13.2 Å². The average molecular weight is 673 g/mol. The van der Waals surface area contributed by atoms with Gasteiger partial charge in [0.25, 0.3) is 5.91 Å². The number of esters is 1. The Balaban J connectivity index is 1.52. The van der Waals surface area contributed by atoms with E-state index in [0.29, 0.717) is 36.2 Å². The number of hydrazine groups is 1. The number of pyridine rings is 1. The maximum absolute atomic E-state index is 14.1. The number of piperidine rings is 1. The van der Waals surface area contributed by atoms with Crippen molar-refractivity contribution in [1.82, 2.24) is 31.0 Å². The van der Waals surface area contributed by atoms with Crippen LogP contribution < -0.4 is 16.1 Å².